The van der Waals surface area contributed by atoms with E-state index in [4.69, 9.17) is 4.74 Å². The molecule has 0 saturated heterocycles. The van der Waals surface area contributed by atoms with Crippen molar-refractivity contribution in [2.24, 2.45) is 0 Å². The number of benzene rings is 2. The Bertz CT molecular complexity index is 1070. The van der Waals surface area contributed by atoms with Crippen LogP contribution in [0.1, 0.15) is 15.2 Å². The zero-order valence-corrected chi connectivity index (χ0v) is 16.5. The molecule has 30 heavy (non-hydrogen) atoms. The molecule has 6 nitrogen and oxygen atoms in total. The van der Waals surface area contributed by atoms with Crippen molar-refractivity contribution in [1.29, 1.82) is 0 Å². The lowest BCUT2D eigenvalue weighted by atomic mass is 10.1. The molecule has 0 atom stereocenters. The topological polar surface area (TPSA) is 63.7 Å². The van der Waals surface area contributed by atoms with Crippen LogP contribution < -0.4 is 19.7 Å². The number of ether oxygens (including phenoxy) is 2. The van der Waals surface area contributed by atoms with Gasteiger partial charge in [0.05, 0.1) is 17.8 Å². The first kappa shape index (κ1) is 20.0. The normalized spacial score (nSPS) is 13.4. The Labute approximate surface area is 173 Å². The second-order valence-electron chi connectivity index (χ2n) is 6.43. The minimum absolute atomic E-state index is 0.320. The van der Waals surface area contributed by atoms with Crippen molar-refractivity contribution < 1.29 is 27.4 Å². The van der Waals surface area contributed by atoms with Gasteiger partial charge in [-0.05, 0) is 43.3 Å². The molecule has 3 aromatic rings. The second-order valence-corrected chi connectivity index (χ2v) is 7.65. The number of amides is 1. The van der Waals surface area contributed by atoms with E-state index in [0.717, 1.165) is 27.8 Å². The lowest BCUT2D eigenvalue weighted by molar-refractivity contribution is -0.274. The van der Waals surface area contributed by atoms with Gasteiger partial charge in [0.1, 0.15) is 12.4 Å². The summed E-state index contributed by atoms with van der Waals surface area (Å²) in [5.74, 6) is -0.366. The Hall–Kier alpha value is -3.27. The van der Waals surface area contributed by atoms with E-state index in [-0.39, 0.29) is 5.75 Å². The molecule has 1 amide bonds. The van der Waals surface area contributed by atoms with Gasteiger partial charge in [0.2, 0.25) is 0 Å². The van der Waals surface area contributed by atoms with Crippen molar-refractivity contribution in [3.63, 3.8) is 0 Å². The summed E-state index contributed by atoms with van der Waals surface area (Å²) in [6.07, 6.45) is -2.98. The maximum atomic E-state index is 12.8. The Morgan fingerprint density at radius 3 is 2.67 bits per heavy atom. The fourth-order valence-corrected chi connectivity index (χ4v) is 3.83. The standard InChI is InChI=1S/C20H16F3N3O3S/c1-12-11-24-19(30-12)26-9-10-28-17-15(3-2-4-16(17)26)18(27)25-13-5-7-14(8-6-13)29-20(21,22)23/h2-8,11H,9-10H2,1H3,(H,25,27). The Kier molecular flexibility index (Phi) is 5.25. The molecule has 156 valence electrons. The molecule has 1 aliphatic heterocycles. The van der Waals surface area contributed by atoms with E-state index in [1.165, 1.54) is 12.1 Å². The number of thiazole rings is 1. The summed E-state index contributed by atoms with van der Waals surface area (Å²) >= 11 is 1.55. The molecular weight excluding hydrogens is 419 g/mol. The number of carbonyl (C=O) groups excluding carboxylic acids is 1. The van der Waals surface area contributed by atoms with Gasteiger partial charge < -0.3 is 19.7 Å². The molecule has 0 aliphatic carbocycles. The molecule has 10 heteroatoms. The van der Waals surface area contributed by atoms with Gasteiger partial charge in [0.25, 0.3) is 5.91 Å². The molecular formula is C20H16F3N3O3S. The maximum Gasteiger partial charge on any atom is 0.573 e. The minimum Gasteiger partial charge on any atom is -0.489 e. The number of hydrogen-bond acceptors (Lipinski definition) is 6. The van der Waals surface area contributed by atoms with E-state index in [1.807, 2.05) is 17.9 Å². The molecule has 0 spiro atoms. The van der Waals surface area contributed by atoms with Crippen LogP contribution in [0.25, 0.3) is 0 Å². The first-order valence-corrected chi connectivity index (χ1v) is 9.75. The number of halogens is 3. The van der Waals surface area contributed by atoms with Crippen LogP contribution in [0.3, 0.4) is 0 Å². The van der Waals surface area contributed by atoms with Crippen molar-refractivity contribution in [3.8, 4) is 11.5 Å². The predicted molar refractivity (Wildman–Crippen MR) is 107 cm³/mol. The predicted octanol–water partition coefficient (Wildman–Crippen LogP) is 5.13. The van der Waals surface area contributed by atoms with Crippen LogP contribution in [0, 0.1) is 6.92 Å². The fourth-order valence-electron chi connectivity index (χ4n) is 3.03. The van der Waals surface area contributed by atoms with Crippen molar-refractivity contribution in [3.05, 3.63) is 59.1 Å². The number of alkyl halides is 3. The number of rotatable bonds is 4. The lowest BCUT2D eigenvalue weighted by Gasteiger charge is -2.30. The summed E-state index contributed by atoms with van der Waals surface area (Å²) in [4.78, 5) is 20.3. The molecule has 0 fully saturated rings. The van der Waals surface area contributed by atoms with Crippen LogP contribution in [0.5, 0.6) is 11.5 Å². The zero-order valence-electron chi connectivity index (χ0n) is 15.7. The van der Waals surface area contributed by atoms with Crippen LogP contribution in [-0.4, -0.2) is 30.4 Å². The average Bonchev–Trinajstić information content (AvgIpc) is 3.13. The van der Waals surface area contributed by atoms with Crippen molar-refractivity contribution in [2.45, 2.75) is 13.3 Å². The van der Waals surface area contributed by atoms with E-state index in [0.29, 0.717) is 30.2 Å². The van der Waals surface area contributed by atoms with Crippen molar-refractivity contribution in [2.75, 3.05) is 23.4 Å². The van der Waals surface area contributed by atoms with Crippen LogP contribution in [0.4, 0.5) is 29.7 Å². The number of aromatic nitrogens is 1. The quantitative estimate of drug-likeness (QED) is 0.615. The highest BCUT2D eigenvalue weighted by Gasteiger charge is 2.31. The van der Waals surface area contributed by atoms with Crippen LogP contribution in [0.15, 0.2) is 48.7 Å². The van der Waals surface area contributed by atoms with Gasteiger partial charge in [-0.1, -0.05) is 6.07 Å². The number of anilines is 3. The van der Waals surface area contributed by atoms with E-state index in [2.05, 4.69) is 15.0 Å². The highest BCUT2D eigenvalue weighted by molar-refractivity contribution is 7.15. The largest absolute Gasteiger partial charge is 0.573 e. The van der Waals surface area contributed by atoms with Crippen molar-refractivity contribution in [1.82, 2.24) is 4.98 Å². The SMILES string of the molecule is Cc1cnc(N2CCOc3c(C(=O)Nc4ccc(OC(F)(F)F)cc4)cccc32)s1. The number of hydrogen-bond donors (Lipinski definition) is 1. The van der Waals surface area contributed by atoms with Gasteiger partial charge in [-0.15, -0.1) is 24.5 Å². The summed E-state index contributed by atoms with van der Waals surface area (Å²) in [5.41, 5.74) is 1.38. The molecule has 4 rings (SSSR count). The average molecular weight is 435 g/mol. The highest BCUT2D eigenvalue weighted by Crippen LogP contribution is 2.40. The van der Waals surface area contributed by atoms with E-state index >= 15 is 0 Å². The number of nitrogens with one attached hydrogen (secondary N) is 1. The number of nitrogens with zero attached hydrogens (tertiary/aromatic N) is 2. The minimum atomic E-state index is -4.77. The Balaban J connectivity index is 1.55. The Morgan fingerprint density at radius 2 is 2.00 bits per heavy atom. The molecule has 0 saturated carbocycles. The summed E-state index contributed by atoms with van der Waals surface area (Å²) in [5, 5.41) is 3.48. The third kappa shape index (κ3) is 4.33. The van der Waals surface area contributed by atoms with Gasteiger partial charge in [0, 0.05) is 16.8 Å². The third-order valence-electron chi connectivity index (χ3n) is 4.28. The van der Waals surface area contributed by atoms with Gasteiger partial charge in [-0.3, -0.25) is 4.79 Å². The summed E-state index contributed by atoms with van der Waals surface area (Å²) in [7, 11) is 0. The first-order chi connectivity index (χ1) is 14.3. The smallest absolute Gasteiger partial charge is 0.489 e. The highest BCUT2D eigenvalue weighted by atomic mass is 32.1. The van der Waals surface area contributed by atoms with Gasteiger partial charge in [-0.2, -0.15) is 0 Å². The molecule has 1 aromatic heterocycles. The number of aryl methyl sites for hydroxylation is 1. The molecule has 2 aromatic carbocycles. The lowest BCUT2D eigenvalue weighted by Crippen LogP contribution is -2.30. The van der Waals surface area contributed by atoms with Crippen LogP contribution in [-0.2, 0) is 0 Å². The molecule has 1 N–H and O–H groups in total. The number of para-hydroxylation sites is 1. The van der Waals surface area contributed by atoms with Gasteiger partial charge in [-0.25, -0.2) is 4.98 Å². The first-order valence-electron chi connectivity index (χ1n) is 8.93. The zero-order chi connectivity index (χ0) is 21.3. The van der Waals surface area contributed by atoms with E-state index in [9.17, 15) is 18.0 Å². The summed E-state index contributed by atoms with van der Waals surface area (Å²) < 4.78 is 46.4. The van der Waals surface area contributed by atoms with Crippen molar-refractivity contribution >= 4 is 33.8 Å². The molecule has 1 aliphatic rings. The molecule has 0 unspecified atom stereocenters. The third-order valence-corrected chi connectivity index (χ3v) is 5.21. The second kappa shape index (κ2) is 7.86. The molecule has 2 heterocycles. The fraction of sp³-hybridized carbons (Fsp3) is 0.200. The molecule has 0 bridgehead atoms. The van der Waals surface area contributed by atoms with Crippen LogP contribution in [0.2, 0.25) is 0 Å². The molecule has 0 radical (unpaired) electrons. The van der Waals surface area contributed by atoms with E-state index in [1.54, 1.807) is 29.7 Å². The van der Waals surface area contributed by atoms with E-state index < -0.39 is 12.3 Å². The number of carbonyl (C=O) groups is 1. The van der Waals surface area contributed by atoms with Gasteiger partial charge in [0.15, 0.2) is 10.9 Å². The van der Waals surface area contributed by atoms with Crippen LogP contribution >= 0.6 is 11.3 Å². The summed E-state index contributed by atoms with van der Waals surface area (Å²) in [6.45, 7) is 2.96. The number of fused-ring (bicyclic) bond motifs is 1. The maximum absolute atomic E-state index is 12.8. The van der Waals surface area contributed by atoms with Gasteiger partial charge >= 0.3 is 6.36 Å². The Morgan fingerprint density at radius 1 is 1.23 bits per heavy atom. The summed E-state index contributed by atoms with van der Waals surface area (Å²) in [6, 6.07) is 10.2. The monoisotopic (exact) mass is 435 g/mol.